The smallest absolute Gasteiger partial charge is 0.348 e. The molecule has 12 heteroatoms. The first-order chi connectivity index (χ1) is 18.5. The number of aromatic nitrogens is 2. The molecule has 3 aromatic rings. The predicted octanol–water partition coefficient (Wildman–Crippen LogP) is 5.45. The summed E-state index contributed by atoms with van der Waals surface area (Å²) in [5.74, 6) is 0.792. The van der Waals surface area contributed by atoms with Crippen LogP contribution in [0.2, 0.25) is 0 Å². The lowest BCUT2D eigenvalue weighted by atomic mass is 9.73. The van der Waals surface area contributed by atoms with Crippen LogP contribution in [-0.2, 0) is 4.79 Å². The highest BCUT2D eigenvalue weighted by Crippen LogP contribution is 2.48. The van der Waals surface area contributed by atoms with Crippen LogP contribution in [0.3, 0.4) is 0 Å². The van der Waals surface area contributed by atoms with Crippen molar-refractivity contribution in [2.45, 2.75) is 32.7 Å². The Morgan fingerprint density at radius 3 is 2.54 bits per heavy atom. The van der Waals surface area contributed by atoms with Crippen molar-refractivity contribution < 1.29 is 28.7 Å². The molecule has 2 aromatic carbocycles. The average Bonchev–Trinajstić information content (AvgIpc) is 3.30. The zero-order valence-corrected chi connectivity index (χ0v) is 23.2. The summed E-state index contributed by atoms with van der Waals surface area (Å²) in [5, 5.41) is 18.7. The van der Waals surface area contributed by atoms with Gasteiger partial charge in [0.1, 0.15) is 23.2 Å². The molecule has 5 rings (SSSR count). The van der Waals surface area contributed by atoms with Crippen LogP contribution in [-0.4, -0.2) is 40.7 Å². The number of nitro groups is 1. The Labute approximate surface area is 232 Å². The Morgan fingerprint density at radius 2 is 1.90 bits per heavy atom. The molecule has 0 fully saturated rings. The van der Waals surface area contributed by atoms with E-state index in [2.05, 4.69) is 26.3 Å². The second kappa shape index (κ2) is 9.84. The van der Waals surface area contributed by atoms with E-state index in [0.717, 1.165) is 0 Å². The quantitative estimate of drug-likeness (QED) is 0.170. The molecule has 39 heavy (non-hydrogen) atoms. The van der Waals surface area contributed by atoms with E-state index >= 15 is 0 Å². The SMILES string of the molecule is COc1cc(C2C3=C(CC(C)(C)CC3=O)Nc3c(C(=O)Oc4ccc([N+](=O)[O-])cc4)cnn32)cc(Br)c1OC. The largest absolute Gasteiger partial charge is 0.493 e. The van der Waals surface area contributed by atoms with Gasteiger partial charge in [-0.1, -0.05) is 13.8 Å². The van der Waals surface area contributed by atoms with Crippen molar-refractivity contribution in [1.82, 2.24) is 9.78 Å². The number of methoxy groups -OCH3 is 2. The summed E-state index contributed by atoms with van der Waals surface area (Å²) >= 11 is 3.54. The van der Waals surface area contributed by atoms with Crippen LogP contribution >= 0.6 is 15.9 Å². The van der Waals surface area contributed by atoms with E-state index in [4.69, 9.17) is 14.2 Å². The third-order valence-electron chi connectivity index (χ3n) is 6.75. The lowest BCUT2D eigenvalue weighted by Crippen LogP contribution is -2.37. The third-order valence-corrected chi connectivity index (χ3v) is 7.34. The number of esters is 1. The molecular weight excluding hydrogens is 572 g/mol. The van der Waals surface area contributed by atoms with Gasteiger partial charge in [-0.15, -0.1) is 0 Å². The molecule has 0 saturated carbocycles. The number of allylic oxidation sites excluding steroid dienone is 2. The van der Waals surface area contributed by atoms with Gasteiger partial charge in [0.25, 0.3) is 5.69 Å². The molecule has 1 atom stereocenters. The van der Waals surface area contributed by atoms with Crippen LogP contribution < -0.4 is 19.5 Å². The molecule has 1 aliphatic heterocycles. The molecule has 0 saturated heterocycles. The summed E-state index contributed by atoms with van der Waals surface area (Å²) < 4.78 is 18.7. The van der Waals surface area contributed by atoms with Gasteiger partial charge in [0, 0.05) is 29.8 Å². The Balaban J connectivity index is 1.60. The number of fused-ring (bicyclic) bond motifs is 1. The topological polar surface area (TPSA) is 135 Å². The van der Waals surface area contributed by atoms with Crippen LogP contribution in [0.4, 0.5) is 11.5 Å². The van der Waals surface area contributed by atoms with Crippen molar-refractivity contribution in [3.8, 4) is 17.2 Å². The molecule has 1 aromatic heterocycles. The van der Waals surface area contributed by atoms with E-state index < -0.39 is 16.9 Å². The minimum atomic E-state index is -0.699. The first kappa shape index (κ1) is 26.4. The fourth-order valence-corrected chi connectivity index (χ4v) is 5.68. The first-order valence-electron chi connectivity index (χ1n) is 12.0. The van der Waals surface area contributed by atoms with E-state index in [1.165, 1.54) is 44.7 Å². The van der Waals surface area contributed by atoms with E-state index in [1.807, 2.05) is 19.9 Å². The summed E-state index contributed by atoms with van der Waals surface area (Å²) in [4.78, 5) is 37.1. The molecule has 2 heterocycles. The Hall–Kier alpha value is -4.19. The van der Waals surface area contributed by atoms with Gasteiger partial charge in [-0.25, -0.2) is 9.48 Å². The Bertz CT molecular complexity index is 1540. The molecule has 0 amide bonds. The number of carbonyl (C=O) groups excluding carboxylic acids is 2. The normalized spacial score (nSPS) is 17.6. The van der Waals surface area contributed by atoms with Crippen molar-refractivity contribution >= 4 is 39.2 Å². The number of benzene rings is 2. The van der Waals surface area contributed by atoms with Gasteiger partial charge in [0.2, 0.25) is 0 Å². The fraction of sp³-hybridized carbons (Fsp3) is 0.296. The number of anilines is 1. The highest BCUT2D eigenvalue weighted by Gasteiger charge is 2.42. The number of ketones is 1. The minimum Gasteiger partial charge on any atom is -0.493 e. The number of non-ortho nitro benzene ring substituents is 1. The number of hydrogen-bond donors (Lipinski definition) is 1. The van der Waals surface area contributed by atoms with Crippen molar-refractivity contribution in [3.63, 3.8) is 0 Å². The van der Waals surface area contributed by atoms with E-state index in [9.17, 15) is 19.7 Å². The number of hydrogen-bond acceptors (Lipinski definition) is 9. The highest BCUT2D eigenvalue weighted by molar-refractivity contribution is 9.10. The number of rotatable bonds is 6. The number of halogens is 1. The van der Waals surface area contributed by atoms with Crippen LogP contribution in [0.25, 0.3) is 0 Å². The molecule has 1 N–H and O–H groups in total. The number of nitrogens with zero attached hydrogens (tertiary/aromatic N) is 3. The van der Waals surface area contributed by atoms with Crippen molar-refractivity contribution in [1.29, 1.82) is 0 Å². The van der Waals surface area contributed by atoms with Crippen molar-refractivity contribution in [2.75, 3.05) is 19.5 Å². The summed E-state index contributed by atoms with van der Waals surface area (Å²) in [6.45, 7) is 4.04. The number of ether oxygens (including phenoxy) is 3. The highest BCUT2D eigenvalue weighted by atomic mass is 79.9. The van der Waals surface area contributed by atoms with Gasteiger partial charge in [0.15, 0.2) is 17.3 Å². The minimum absolute atomic E-state index is 0.0131. The zero-order chi connectivity index (χ0) is 28.1. The van der Waals surface area contributed by atoms with Crippen LogP contribution in [0.1, 0.15) is 48.7 Å². The van der Waals surface area contributed by atoms with Crippen LogP contribution in [0, 0.1) is 15.5 Å². The molecule has 0 bridgehead atoms. The first-order valence-corrected chi connectivity index (χ1v) is 12.8. The summed E-state index contributed by atoms with van der Waals surface area (Å²) in [6, 6.07) is 8.21. The molecule has 0 radical (unpaired) electrons. The molecule has 0 spiro atoms. The summed E-state index contributed by atoms with van der Waals surface area (Å²) in [5.41, 5.74) is 1.74. The molecular formula is C27H25BrN4O7. The third kappa shape index (κ3) is 4.76. The Kier molecular flexibility index (Phi) is 6.67. The monoisotopic (exact) mass is 596 g/mol. The average molecular weight is 597 g/mol. The number of Topliss-reactive ketones (excluding diaryl/α,β-unsaturated/α-hetero) is 1. The van der Waals surface area contributed by atoms with Gasteiger partial charge in [0.05, 0.1) is 29.8 Å². The zero-order valence-electron chi connectivity index (χ0n) is 21.6. The van der Waals surface area contributed by atoms with E-state index in [1.54, 1.807) is 10.7 Å². The second-order valence-electron chi connectivity index (χ2n) is 10.1. The fourth-order valence-electron chi connectivity index (χ4n) is 5.06. The van der Waals surface area contributed by atoms with Gasteiger partial charge in [-0.05, 0) is 57.6 Å². The predicted molar refractivity (Wildman–Crippen MR) is 144 cm³/mol. The number of carbonyl (C=O) groups is 2. The second-order valence-corrected chi connectivity index (χ2v) is 10.9. The molecule has 1 aliphatic carbocycles. The maximum Gasteiger partial charge on any atom is 0.348 e. The molecule has 11 nitrogen and oxygen atoms in total. The van der Waals surface area contributed by atoms with E-state index in [0.29, 0.717) is 51.5 Å². The number of nitrogens with one attached hydrogen (secondary N) is 1. The summed E-state index contributed by atoms with van der Waals surface area (Å²) in [7, 11) is 3.07. The van der Waals surface area contributed by atoms with Crippen LogP contribution in [0.5, 0.6) is 17.2 Å². The lowest BCUT2D eigenvalue weighted by molar-refractivity contribution is -0.384. The molecule has 1 unspecified atom stereocenters. The van der Waals surface area contributed by atoms with Gasteiger partial charge in [-0.2, -0.15) is 5.10 Å². The van der Waals surface area contributed by atoms with Gasteiger partial charge >= 0.3 is 5.97 Å². The summed E-state index contributed by atoms with van der Waals surface area (Å²) in [6.07, 6.45) is 2.33. The molecule has 2 aliphatic rings. The lowest BCUT2D eigenvalue weighted by Gasteiger charge is -2.39. The van der Waals surface area contributed by atoms with Gasteiger partial charge in [-0.3, -0.25) is 14.9 Å². The maximum atomic E-state index is 13.5. The van der Waals surface area contributed by atoms with Gasteiger partial charge < -0.3 is 19.5 Å². The Morgan fingerprint density at radius 1 is 1.18 bits per heavy atom. The molecule has 202 valence electrons. The van der Waals surface area contributed by atoms with Crippen LogP contribution in [0.15, 0.2) is 58.3 Å². The van der Waals surface area contributed by atoms with Crippen molar-refractivity contribution in [3.05, 3.63) is 79.6 Å². The standard InChI is InChI=1S/C27H25BrN4O7/c1-27(2)11-19-22(20(33)12-27)23(14-9-18(28)24(38-4)21(10-14)37-3)31-25(30-19)17(13-29-31)26(34)39-16-7-5-15(6-8-16)32(35)36/h5-10,13,23,30H,11-12H2,1-4H3. The van der Waals surface area contributed by atoms with Crippen molar-refractivity contribution in [2.24, 2.45) is 5.41 Å². The number of nitro benzene ring substituents is 1. The van der Waals surface area contributed by atoms with E-state index in [-0.39, 0.29) is 28.2 Å². The maximum absolute atomic E-state index is 13.5.